The molecule has 0 saturated heterocycles. The second kappa shape index (κ2) is 8.47. The van der Waals surface area contributed by atoms with Crippen molar-refractivity contribution in [2.75, 3.05) is 7.11 Å². The van der Waals surface area contributed by atoms with Crippen LogP contribution in [0.15, 0.2) is 51.8 Å². The number of ether oxygens (including phenoxy) is 1. The number of halogens is 1. The number of aromatic amines is 1. The van der Waals surface area contributed by atoms with Gasteiger partial charge in [-0.15, -0.1) is 0 Å². The number of methoxy groups -OCH3 is 1. The van der Waals surface area contributed by atoms with Crippen molar-refractivity contribution in [2.24, 2.45) is 0 Å². The van der Waals surface area contributed by atoms with E-state index in [-0.39, 0.29) is 18.4 Å². The predicted octanol–water partition coefficient (Wildman–Crippen LogP) is 4.53. The molecule has 7 heteroatoms. The van der Waals surface area contributed by atoms with Crippen LogP contribution in [-0.2, 0) is 17.6 Å². The minimum Gasteiger partial charge on any atom is -0.495 e. The van der Waals surface area contributed by atoms with E-state index in [1.54, 1.807) is 19.1 Å². The quantitative estimate of drug-likeness (QED) is 0.433. The highest BCUT2D eigenvalue weighted by Crippen LogP contribution is 2.31. The average Bonchev–Trinajstić information content (AvgIpc) is 3.14. The van der Waals surface area contributed by atoms with E-state index in [4.69, 9.17) is 20.8 Å². The summed E-state index contributed by atoms with van der Waals surface area (Å²) in [4.78, 5) is 28.5. The van der Waals surface area contributed by atoms with E-state index in [2.05, 4.69) is 16.4 Å². The van der Waals surface area contributed by atoms with Gasteiger partial charge in [0.1, 0.15) is 11.3 Å². The predicted molar refractivity (Wildman–Crippen MR) is 122 cm³/mol. The van der Waals surface area contributed by atoms with E-state index in [1.807, 2.05) is 31.3 Å². The zero-order valence-corrected chi connectivity index (χ0v) is 18.3. The van der Waals surface area contributed by atoms with Gasteiger partial charge in [-0.05, 0) is 43.5 Å². The summed E-state index contributed by atoms with van der Waals surface area (Å²) in [7, 11) is 1.49. The van der Waals surface area contributed by atoms with Crippen LogP contribution in [-0.4, -0.2) is 24.0 Å². The minimum atomic E-state index is -0.534. The monoisotopic (exact) mass is 438 g/mol. The number of hydrogen-bond acceptors (Lipinski definition) is 4. The SMILES string of the molecule is COc1cc2oc(=O)c(CC(=O)N[C@@H](C)Cc3c[nH]c4ccccc34)c(C)c2cc1Cl. The first-order valence-electron chi connectivity index (χ1n) is 10.0. The number of amides is 1. The van der Waals surface area contributed by atoms with Crippen molar-refractivity contribution in [1.29, 1.82) is 0 Å². The summed E-state index contributed by atoms with van der Waals surface area (Å²) in [6.45, 7) is 3.74. The van der Waals surface area contributed by atoms with E-state index in [0.717, 1.165) is 16.5 Å². The number of benzene rings is 2. The Morgan fingerprint density at radius 3 is 2.81 bits per heavy atom. The lowest BCUT2D eigenvalue weighted by Gasteiger charge is -2.14. The number of carbonyl (C=O) groups is 1. The number of carbonyl (C=O) groups excluding carboxylic acids is 1. The number of para-hydroxylation sites is 1. The normalized spacial score (nSPS) is 12.3. The number of fused-ring (bicyclic) bond motifs is 2. The van der Waals surface area contributed by atoms with Crippen molar-refractivity contribution in [3.8, 4) is 5.75 Å². The first kappa shape index (κ1) is 21.0. The molecule has 1 amide bonds. The van der Waals surface area contributed by atoms with Crippen molar-refractivity contribution in [2.45, 2.75) is 32.7 Å². The third kappa shape index (κ3) is 4.16. The van der Waals surface area contributed by atoms with Crippen LogP contribution in [0.2, 0.25) is 5.02 Å². The molecule has 4 rings (SSSR count). The molecule has 0 aliphatic rings. The molecule has 0 aliphatic carbocycles. The molecule has 0 saturated carbocycles. The minimum absolute atomic E-state index is 0.0635. The lowest BCUT2D eigenvalue weighted by atomic mass is 10.0. The molecule has 0 unspecified atom stereocenters. The molecule has 160 valence electrons. The standard InChI is InChI=1S/C24H23ClN2O4/c1-13(8-15-12-26-20-7-5-4-6-16(15)20)27-23(28)10-18-14(2)17-9-19(25)22(30-3)11-21(17)31-24(18)29/h4-7,9,11-13,26H,8,10H2,1-3H3,(H,27,28)/t13-/m0/s1. The van der Waals surface area contributed by atoms with Gasteiger partial charge in [-0.1, -0.05) is 29.8 Å². The van der Waals surface area contributed by atoms with E-state index >= 15 is 0 Å². The zero-order chi connectivity index (χ0) is 22.1. The van der Waals surface area contributed by atoms with Crippen LogP contribution in [0.4, 0.5) is 0 Å². The first-order valence-corrected chi connectivity index (χ1v) is 10.4. The first-order chi connectivity index (χ1) is 14.9. The molecule has 4 aromatic rings. The molecule has 1 atom stereocenters. The second-order valence-corrected chi connectivity index (χ2v) is 8.09. The summed E-state index contributed by atoms with van der Waals surface area (Å²) in [5, 5.41) is 5.22. The van der Waals surface area contributed by atoms with Crippen LogP contribution in [0.1, 0.15) is 23.6 Å². The van der Waals surface area contributed by atoms with Crippen molar-refractivity contribution in [3.05, 3.63) is 74.7 Å². The van der Waals surface area contributed by atoms with Gasteiger partial charge in [0.05, 0.1) is 24.1 Å². The highest BCUT2D eigenvalue weighted by atomic mass is 35.5. The lowest BCUT2D eigenvalue weighted by Crippen LogP contribution is -2.36. The highest BCUT2D eigenvalue weighted by Gasteiger charge is 2.18. The number of aryl methyl sites for hydroxylation is 1. The molecule has 6 nitrogen and oxygen atoms in total. The van der Waals surface area contributed by atoms with Gasteiger partial charge in [0.15, 0.2) is 0 Å². The van der Waals surface area contributed by atoms with E-state index in [9.17, 15) is 9.59 Å². The van der Waals surface area contributed by atoms with Crippen molar-refractivity contribution >= 4 is 39.4 Å². The summed E-state index contributed by atoms with van der Waals surface area (Å²) in [5.74, 6) is 0.190. The van der Waals surface area contributed by atoms with Crippen LogP contribution in [0.3, 0.4) is 0 Å². The Hall–Kier alpha value is -3.25. The topological polar surface area (TPSA) is 84.3 Å². The van der Waals surface area contributed by atoms with Crippen molar-refractivity contribution in [1.82, 2.24) is 10.3 Å². The molecule has 0 fully saturated rings. The molecule has 0 aliphatic heterocycles. The molecule has 0 radical (unpaired) electrons. The molecule has 31 heavy (non-hydrogen) atoms. The van der Waals surface area contributed by atoms with Crippen LogP contribution in [0.5, 0.6) is 5.75 Å². The number of aromatic nitrogens is 1. The molecule has 2 aromatic carbocycles. The average molecular weight is 439 g/mol. The van der Waals surface area contributed by atoms with Crippen LogP contribution >= 0.6 is 11.6 Å². The van der Waals surface area contributed by atoms with E-state index < -0.39 is 5.63 Å². The molecule has 0 spiro atoms. The summed E-state index contributed by atoms with van der Waals surface area (Å²) in [5.41, 5.74) is 3.04. The van der Waals surface area contributed by atoms with Gasteiger partial charge >= 0.3 is 5.63 Å². The fraction of sp³-hybridized carbons (Fsp3) is 0.250. The number of H-pyrrole nitrogens is 1. The Morgan fingerprint density at radius 2 is 2.03 bits per heavy atom. The number of nitrogens with one attached hydrogen (secondary N) is 2. The van der Waals surface area contributed by atoms with Gasteiger partial charge in [0.2, 0.25) is 5.91 Å². The van der Waals surface area contributed by atoms with Crippen LogP contribution in [0.25, 0.3) is 21.9 Å². The van der Waals surface area contributed by atoms with Gasteiger partial charge in [0.25, 0.3) is 0 Å². The Bertz CT molecular complexity index is 1340. The van der Waals surface area contributed by atoms with Crippen molar-refractivity contribution < 1.29 is 13.9 Å². The Kier molecular flexibility index (Phi) is 5.74. The number of hydrogen-bond donors (Lipinski definition) is 2. The van der Waals surface area contributed by atoms with Crippen molar-refractivity contribution in [3.63, 3.8) is 0 Å². The Labute approximate surface area is 184 Å². The van der Waals surface area contributed by atoms with Gasteiger partial charge in [-0.3, -0.25) is 4.79 Å². The molecule has 2 N–H and O–H groups in total. The van der Waals surface area contributed by atoms with Gasteiger partial charge in [-0.2, -0.15) is 0 Å². The fourth-order valence-corrected chi connectivity index (χ4v) is 4.16. The number of rotatable bonds is 6. The summed E-state index contributed by atoms with van der Waals surface area (Å²) in [6.07, 6.45) is 2.58. The largest absolute Gasteiger partial charge is 0.495 e. The molecule has 2 heterocycles. The Morgan fingerprint density at radius 1 is 1.26 bits per heavy atom. The van der Waals surface area contributed by atoms with E-state index in [1.165, 1.54) is 7.11 Å². The van der Waals surface area contributed by atoms with E-state index in [0.29, 0.717) is 39.3 Å². The molecule has 2 aromatic heterocycles. The van der Waals surface area contributed by atoms with Gasteiger partial charge in [0, 0.05) is 34.6 Å². The van der Waals surface area contributed by atoms with Crippen LogP contribution < -0.4 is 15.7 Å². The van der Waals surface area contributed by atoms with Crippen LogP contribution in [0, 0.1) is 6.92 Å². The molecule has 0 bridgehead atoms. The zero-order valence-electron chi connectivity index (χ0n) is 17.5. The third-order valence-corrected chi connectivity index (χ3v) is 5.80. The summed E-state index contributed by atoms with van der Waals surface area (Å²) >= 11 is 6.22. The van der Waals surface area contributed by atoms with Gasteiger partial charge in [-0.25, -0.2) is 4.79 Å². The maximum atomic E-state index is 12.7. The maximum Gasteiger partial charge on any atom is 0.340 e. The fourth-order valence-electron chi connectivity index (χ4n) is 3.92. The smallest absolute Gasteiger partial charge is 0.340 e. The lowest BCUT2D eigenvalue weighted by molar-refractivity contribution is -0.121. The molecular weight excluding hydrogens is 416 g/mol. The molecular formula is C24H23ClN2O4. The van der Waals surface area contributed by atoms with Gasteiger partial charge < -0.3 is 19.5 Å². The third-order valence-electron chi connectivity index (χ3n) is 5.51. The summed E-state index contributed by atoms with van der Waals surface area (Å²) < 4.78 is 10.6. The second-order valence-electron chi connectivity index (χ2n) is 7.68. The highest BCUT2D eigenvalue weighted by molar-refractivity contribution is 6.32. The maximum absolute atomic E-state index is 12.7. The Balaban J connectivity index is 1.52. The summed E-state index contributed by atoms with van der Waals surface area (Å²) in [6, 6.07) is 11.2.